The molecule has 0 saturated heterocycles. The maximum Gasteiger partial charge on any atom is 0.271 e. The van der Waals surface area contributed by atoms with Crippen LogP contribution in [0.15, 0.2) is 65.8 Å². The highest BCUT2D eigenvalue weighted by molar-refractivity contribution is 7.99. The third-order valence-corrected chi connectivity index (χ3v) is 6.07. The van der Waals surface area contributed by atoms with Gasteiger partial charge in [-0.05, 0) is 35.4 Å². The van der Waals surface area contributed by atoms with Crippen LogP contribution in [0.25, 0.3) is 10.8 Å². The van der Waals surface area contributed by atoms with Crippen molar-refractivity contribution in [3.63, 3.8) is 0 Å². The lowest BCUT2D eigenvalue weighted by molar-refractivity contribution is -0.384. The average Bonchev–Trinajstić information content (AvgIpc) is 3.16. The summed E-state index contributed by atoms with van der Waals surface area (Å²) in [5.41, 5.74) is 1.08. The van der Waals surface area contributed by atoms with Gasteiger partial charge in [0.05, 0.1) is 16.4 Å². The van der Waals surface area contributed by atoms with Crippen LogP contribution >= 0.6 is 11.8 Å². The fourth-order valence-electron chi connectivity index (χ4n) is 3.18. The van der Waals surface area contributed by atoms with E-state index in [-0.39, 0.29) is 24.0 Å². The summed E-state index contributed by atoms with van der Waals surface area (Å²) in [4.78, 5) is 22.8. The van der Waals surface area contributed by atoms with E-state index in [2.05, 4.69) is 15.5 Å². The van der Waals surface area contributed by atoms with Gasteiger partial charge < -0.3 is 14.6 Å². The number of rotatable bonds is 8. The summed E-state index contributed by atoms with van der Waals surface area (Å²) in [7, 11) is 1.81. The molecule has 168 valence electrons. The van der Waals surface area contributed by atoms with Crippen molar-refractivity contribution in [1.29, 1.82) is 0 Å². The Morgan fingerprint density at radius 1 is 1.12 bits per heavy atom. The molecule has 1 N–H and O–H groups in total. The third-order valence-electron chi connectivity index (χ3n) is 5.05. The zero-order valence-corrected chi connectivity index (χ0v) is 18.8. The lowest BCUT2D eigenvalue weighted by Crippen LogP contribution is -2.15. The van der Waals surface area contributed by atoms with E-state index in [1.807, 2.05) is 49.5 Å². The Labute approximate surface area is 193 Å². The van der Waals surface area contributed by atoms with Crippen molar-refractivity contribution in [2.24, 2.45) is 7.05 Å². The van der Waals surface area contributed by atoms with Crippen LogP contribution in [0.5, 0.6) is 5.75 Å². The molecule has 4 aromatic rings. The molecule has 0 aliphatic rings. The summed E-state index contributed by atoms with van der Waals surface area (Å²) in [6, 6.07) is 18.3. The van der Waals surface area contributed by atoms with Crippen LogP contribution in [0.4, 0.5) is 11.4 Å². The molecule has 0 unspecified atom stereocenters. The zero-order chi connectivity index (χ0) is 23.4. The van der Waals surface area contributed by atoms with Gasteiger partial charge in [0, 0.05) is 19.2 Å². The first kappa shape index (κ1) is 22.3. The molecule has 0 spiro atoms. The average molecular weight is 464 g/mol. The van der Waals surface area contributed by atoms with E-state index in [1.165, 1.54) is 23.9 Å². The Bertz CT molecular complexity index is 1340. The van der Waals surface area contributed by atoms with Crippen molar-refractivity contribution >= 4 is 39.8 Å². The number of nitrogens with one attached hydrogen (secondary N) is 1. The molecule has 3 aromatic carbocycles. The molecule has 1 heterocycles. The standard InChI is InChI=1S/C23H21N5O4S/c1-15-7-9-18(28(30)31)12-20(15)24-22(29)14-33-23-26-25-21(27(23)2)13-32-19-10-8-16-5-3-4-6-17(16)11-19/h3-12H,13-14H2,1-2H3,(H,24,29). The molecule has 0 atom stereocenters. The minimum absolute atomic E-state index is 0.0760. The van der Waals surface area contributed by atoms with Crippen molar-refractivity contribution in [2.45, 2.75) is 18.7 Å². The van der Waals surface area contributed by atoms with Gasteiger partial charge in [-0.1, -0.05) is 48.2 Å². The molecule has 0 radical (unpaired) electrons. The number of hydrogen-bond acceptors (Lipinski definition) is 7. The van der Waals surface area contributed by atoms with Crippen molar-refractivity contribution in [3.8, 4) is 5.75 Å². The van der Waals surface area contributed by atoms with Gasteiger partial charge in [-0.3, -0.25) is 14.9 Å². The van der Waals surface area contributed by atoms with Crippen LogP contribution in [-0.2, 0) is 18.4 Å². The second kappa shape index (κ2) is 9.70. The molecular formula is C23H21N5O4S. The summed E-state index contributed by atoms with van der Waals surface area (Å²) < 4.78 is 7.65. The summed E-state index contributed by atoms with van der Waals surface area (Å²) >= 11 is 1.22. The smallest absolute Gasteiger partial charge is 0.271 e. The molecule has 1 amide bonds. The van der Waals surface area contributed by atoms with Crippen molar-refractivity contribution < 1.29 is 14.5 Å². The molecule has 9 nitrogen and oxygen atoms in total. The van der Waals surface area contributed by atoms with Gasteiger partial charge in [-0.25, -0.2) is 0 Å². The molecule has 0 bridgehead atoms. The number of thioether (sulfide) groups is 1. The van der Waals surface area contributed by atoms with Crippen LogP contribution in [-0.4, -0.2) is 31.3 Å². The first-order valence-corrected chi connectivity index (χ1v) is 11.1. The summed E-state index contributed by atoms with van der Waals surface area (Å²) in [6.45, 7) is 2.01. The third kappa shape index (κ3) is 5.29. The van der Waals surface area contributed by atoms with E-state index in [0.29, 0.717) is 16.7 Å². The highest BCUT2D eigenvalue weighted by Gasteiger charge is 2.14. The minimum Gasteiger partial charge on any atom is -0.486 e. The highest BCUT2D eigenvalue weighted by atomic mass is 32.2. The van der Waals surface area contributed by atoms with E-state index in [1.54, 1.807) is 17.6 Å². The molecule has 0 aliphatic carbocycles. The Morgan fingerprint density at radius 2 is 1.91 bits per heavy atom. The number of nitro groups is 1. The molecule has 0 saturated carbocycles. The SMILES string of the molecule is Cc1ccc([N+](=O)[O-])cc1NC(=O)CSc1nnc(COc2ccc3ccccc3c2)n1C. The molecule has 1 aromatic heterocycles. The van der Waals surface area contributed by atoms with E-state index in [4.69, 9.17) is 4.74 Å². The molecule has 10 heteroatoms. The number of carbonyl (C=O) groups excluding carboxylic acids is 1. The normalized spacial score (nSPS) is 10.8. The van der Waals surface area contributed by atoms with E-state index in [0.717, 1.165) is 22.1 Å². The van der Waals surface area contributed by atoms with Gasteiger partial charge in [-0.2, -0.15) is 0 Å². The summed E-state index contributed by atoms with van der Waals surface area (Å²) in [5.74, 6) is 1.15. The summed E-state index contributed by atoms with van der Waals surface area (Å²) in [5, 5.41) is 24.8. The lowest BCUT2D eigenvalue weighted by Gasteiger charge is -2.09. The van der Waals surface area contributed by atoms with E-state index in [9.17, 15) is 14.9 Å². The molecule has 4 rings (SSSR count). The number of ether oxygens (including phenoxy) is 1. The van der Waals surface area contributed by atoms with Crippen LogP contribution in [0.3, 0.4) is 0 Å². The number of carbonyl (C=O) groups is 1. The Kier molecular flexibility index (Phi) is 6.55. The van der Waals surface area contributed by atoms with Crippen molar-refractivity contribution in [2.75, 3.05) is 11.1 Å². The number of benzene rings is 3. The molecular weight excluding hydrogens is 442 g/mol. The van der Waals surface area contributed by atoms with Crippen molar-refractivity contribution in [3.05, 3.63) is 82.2 Å². The van der Waals surface area contributed by atoms with E-state index >= 15 is 0 Å². The number of amides is 1. The number of anilines is 1. The monoisotopic (exact) mass is 463 g/mol. The van der Waals surface area contributed by atoms with Crippen LogP contribution in [0.1, 0.15) is 11.4 Å². The lowest BCUT2D eigenvalue weighted by atomic mass is 10.1. The number of aryl methyl sites for hydroxylation is 1. The van der Waals surface area contributed by atoms with Gasteiger partial charge in [0.15, 0.2) is 11.0 Å². The second-order valence-corrected chi connectivity index (χ2v) is 8.29. The zero-order valence-electron chi connectivity index (χ0n) is 18.0. The number of fused-ring (bicyclic) bond motifs is 1. The second-order valence-electron chi connectivity index (χ2n) is 7.35. The fourth-order valence-corrected chi connectivity index (χ4v) is 3.91. The van der Waals surface area contributed by atoms with Gasteiger partial charge in [0.2, 0.25) is 5.91 Å². The maximum absolute atomic E-state index is 12.4. The number of nitro benzene ring substituents is 1. The first-order chi connectivity index (χ1) is 15.9. The Balaban J connectivity index is 1.34. The predicted molar refractivity (Wildman–Crippen MR) is 126 cm³/mol. The highest BCUT2D eigenvalue weighted by Crippen LogP contribution is 2.24. The molecule has 33 heavy (non-hydrogen) atoms. The Hall–Kier alpha value is -3.92. The Morgan fingerprint density at radius 3 is 2.70 bits per heavy atom. The van der Waals surface area contributed by atoms with Crippen LogP contribution in [0, 0.1) is 17.0 Å². The van der Waals surface area contributed by atoms with Crippen LogP contribution in [0.2, 0.25) is 0 Å². The number of aromatic nitrogens is 3. The van der Waals surface area contributed by atoms with Crippen molar-refractivity contribution in [1.82, 2.24) is 14.8 Å². The molecule has 0 aliphatic heterocycles. The van der Waals surface area contributed by atoms with E-state index < -0.39 is 4.92 Å². The van der Waals surface area contributed by atoms with Gasteiger partial charge in [0.25, 0.3) is 5.69 Å². The first-order valence-electron chi connectivity index (χ1n) is 10.1. The number of hydrogen-bond donors (Lipinski definition) is 1. The largest absolute Gasteiger partial charge is 0.486 e. The maximum atomic E-state index is 12.4. The predicted octanol–water partition coefficient (Wildman–Crippen LogP) is 4.49. The molecule has 0 fully saturated rings. The van der Waals surface area contributed by atoms with Gasteiger partial charge in [-0.15, -0.1) is 10.2 Å². The minimum atomic E-state index is -0.495. The number of nitrogens with zero attached hydrogens (tertiary/aromatic N) is 4. The van der Waals surface area contributed by atoms with Gasteiger partial charge >= 0.3 is 0 Å². The number of non-ortho nitro benzene ring substituents is 1. The topological polar surface area (TPSA) is 112 Å². The van der Waals surface area contributed by atoms with Crippen LogP contribution < -0.4 is 10.1 Å². The fraction of sp³-hybridized carbons (Fsp3) is 0.174. The summed E-state index contributed by atoms with van der Waals surface area (Å²) in [6.07, 6.45) is 0. The quantitative estimate of drug-likeness (QED) is 0.233. The van der Waals surface area contributed by atoms with Gasteiger partial charge in [0.1, 0.15) is 12.4 Å².